The molecule has 11 heteroatoms. The Balaban J connectivity index is 0.00000676. The maximum absolute atomic E-state index is 12.3. The maximum Gasteiger partial charge on any atom is 0.406 e. The molecule has 0 heterocycles. The van der Waals surface area contributed by atoms with Gasteiger partial charge in [0.2, 0.25) is 5.91 Å². The molecule has 0 saturated carbocycles. The Morgan fingerprint density at radius 1 is 1.33 bits per heavy atom. The third kappa shape index (κ3) is 10.6. The molecule has 6 nitrogen and oxygen atoms in total. The lowest BCUT2D eigenvalue weighted by atomic mass is 10.3. The van der Waals surface area contributed by atoms with Crippen LogP contribution in [0.4, 0.5) is 13.2 Å². The minimum Gasteiger partial charge on any atom is -0.488 e. The number of hydrogen-bond donors (Lipinski definition) is 2. The molecule has 27 heavy (non-hydrogen) atoms. The average molecular weight is 567 g/mol. The zero-order valence-electron chi connectivity index (χ0n) is 15.1. The second-order valence-corrected chi connectivity index (χ2v) is 6.38. The van der Waals surface area contributed by atoms with E-state index < -0.39 is 18.6 Å². The van der Waals surface area contributed by atoms with E-state index in [1.54, 1.807) is 0 Å². The van der Waals surface area contributed by atoms with Gasteiger partial charge in [-0.05, 0) is 35.0 Å². The quantitative estimate of drug-likeness (QED) is 0.302. The van der Waals surface area contributed by atoms with Crippen molar-refractivity contribution in [2.75, 3.05) is 33.7 Å². The van der Waals surface area contributed by atoms with E-state index in [9.17, 15) is 18.0 Å². The fraction of sp³-hybridized carbons (Fsp3) is 0.500. The molecular weight excluding hydrogens is 544 g/mol. The number of carbonyl (C=O) groups is 1. The Morgan fingerprint density at radius 3 is 2.52 bits per heavy atom. The largest absolute Gasteiger partial charge is 0.488 e. The molecule has 1 amide bonds. The maximum atomic E-state index is 12.3. The summed E-state index contributed by atoms with van der Waals surface area (Å²) in [6, 6.07) is 7.41. The second kappa shape index (κ2) is 12.3. The first kappa shape index (κ1) is 25.8. The van der Waals surface area contributed by atoms with Crippen LogP contribution in [-0.4, -0.2) is 62.8 Å². The number of rotatable bonds is 7. The number of alkyl halides is 3. The number of nitrogens with one attached hydrogen (secondary N) is 2. The van der Waals surface area contributed by atoms with E-state index in [-0.39, 0.29) is 36.6 Å². The van der Waals surface area contributed by atoms with Gasteiger partial charge in [-0.1, -0.05) is 12.1 Å². The Labute approximate surface area is 182 Å². The third-order valence-electron chi connectivity index (χ3n) is 3.19. The molecule has 0 bridgehead atoms. The van der Waals surface area contributed by atoms with Crippen LogP contribution < -0.4 is 15.4 Å². The number of halogens is 5. The van der Waals surface area contributed by atoms with E-state index in [0.717, 1.165) is 11.5 Å². The van der Waals surface area contributed by atoms with E-state index >= 15 is 0 Å². The highest BCUT2D eigenvalue weighted by Crippen LogP contribution is 2.24. The molecule has 1 aromatic rings. The molecule has 0 saturated heterocycles. The Kier molecular flexibility index (Phi) is 11.7. The normalized spacial score (nSPS) is 12.6. The number of aliphatic imine (C=N–C) groups is 1. The molecule has 1 rings (SSSR count). The molecule has 0 spiro atoms. The lowest BCUT2D eigenvalue weighted by Gasteiger charge is -2.21. The predicted molar refractivity (Wildman–Crippen MR) is 113 cm³/mol. The van der Waals surface area contributed by atoms with Gasteiger partial charge in [-0.15, -0.1) is 24.0 Å². The van der Waals surface area contributed by atoms with E-state index in [1.165, 1.54) is 7.05 Å². The predicted octanol–water partition coefficient (Wildman–Crippen LogP) is 3.02. The summed E-state index contributed by atoms with van der Waals surface area (Å²) in [6.07, 6.45) is -4.64. The van der Waals surface area contributed by atoms with Gasteiger partial charge in [0.15, 0.2) is 5.96 Å². The smallest absolute Gasteiger partial charge is 0.406 e. The van der Waals surface area contributed by atoms with E-state index in [2.05, 4.69) is 31.6 Å². The number of carbonyl (C=O) groups excluding carboxylic acids is 1. The summed E-state index contributed by atoms with van der Waals surface area (Å²) in [5.41, 5.74) is 0. The first-order chi connectivity index (χ1) is 12.1. The van der Waals surface area contributed by atoms with Gasteiger partial charge in [-0.2, -0.15) is 13.2 Å². The number of para-hydroxylation sites is 1. The SMILES string of the molecule is CN=C(NCC(=O)N(C)CC(F)(F)F)NCC(C)Oc1ccccc1Br.I. The highest BCUT2D eigenvalue weighted by Gasteiger charge is 2.31. The Hall–Kier alpha value is -1.24. The van der Waals surface area contributed by atoms with Gasteiger partial charge in [0.1, 0.15) is 18.4 Å². The third-order valence-corrected chi connectivity index (χ3v) is 3.85. The molecular formula is C16H23BrF3IN4O2. The molecule has 0 fully saturated rings. The first-order valence-corrected chi connectivity index (χ1v) is 8.58. The van der Waals surface area contributed by atoms with E-state index in [4.69, 9.17) is 4.74 Å². The number of ether oxygens (including phenoxy) is 1. The molecule has 2 N–H and O–H groups in total. The summed E-state index contributed by atoms with van der Waals surface area (Å²) in [5.74, 6) is 0.290. The minimum atomic E-state index is -4.43. The van der Waals surface area contributed by atoms with Gasteiger partial charge in [0.05, 0.1) is 17.6 Å². The summed E-state index contributed by atoms with van der Waals surface area (Å²) in [4.78, 5) is 16.2. The van der Waals surface area contributed by atoms with Crippen molar-refractivity contribution in [2.45, 2.75) is 19.2 Å². The highest BCUT2D eigenvalue weighted by atomic mass is 127. The van der Waals surface area contributed by atoms with Gasteiger partial charge in [-0.3, -0.25) is 9.79 Å². The fourth-order valence-electron chi connectivity index (χ4n) is 1.91. The van der Waals surface area contributed by atoms with Gasteiger partial charge in [0.25, 0.3) is 0 Å². The van der Waals surface area contributed by atoms with Gasteiger partial charge in [-0.25, -0.2) is 0 Å². The molecule has 0 aromatic heterocycles. The fourth-order valence-corrected chi connectivity index (χ4v) is 2.29. The standard InChI is InChI=1S/C16H22BrF3N4O2.HI/c1-11(26-13-7-5-4-6-12(13)17)8-22-15(21-2)23-9-14(25)24(3)10-16(18,19)20;/h4-7,11H,8-10H2,1-3H3,(H2,21,22,23);1H. The van der Waals surface area contributed by atoms with Crippen molar-refractivity contribution in [3.05, 3.63) is 28.7 Å². The van der Waals surface area contributed by atoms with Crippen molar-refractivity contribution in [2.24, 2.45) is 4.99 Å². The van der Waals surface area contributed by atoms with Crippen LogP contribution in [-0.2, 0) is 4.79 Å². The van der Waals surface area contributed by atoms with Crippen molar-refractivity contribution in [3.8, 4) is 5.75 Å². The zero-order chi connectivity index (χ0) is 19.7. The van der Waals surface area contributed by atoms with Gasteiger partial charge in [0, 0.05) is 14.1 Å². The summed E-state index contributed by atoms with van der Waals surface area (Å²) >= 11 is 3.39. The molecule has 0 aliphatic heterocycles. The van der Waals surface area contributed by atoms with Crippen LogP contribution in [0.2, 0.25) is 0 Å². The summed E-state index contributed by atoms with van der Waals surface area (Å²) < 4.78 is 43.4. The number of guanidine groups is 1. The number of nitrogens with zero attached hydrogens (tertiary/aromatic N) is 2. The number of amides is 1. The molecule has 0 aliphatic rings. The van der Waals surface area contributed by atoms with Crippen LogP contribution in [0.15, 0.2) is 33.7 Å². The summed E-state index contributed by atoms with van der Waals surface area (Å²) in [7, 11) is 2.60. The molecule has 0 radical (unpaired) electrons. The van der Waals surface area contributed by atoms with Crippen LogP contribution in [0.3, 0.4) is 0 Å². The summed E-state index contributed by atoms with van der Waals surface area (Å²) in [6.45, 7) is 0.637. The lowest BCUT2D eigenvalue weighted by Crippen LogP contribution is -2.47. The van der Waals surface area contributed by atoms with Crippen molar-refractivity contribution in [1.29, 1.82) is 0 Å². The van der Waals surface area contributed by atoms with Crippen LogP contribution in [0.5, 0.6) is 5.75 Å². The topological polar surface area (TPSA) is 66.0 Å². The number of benzene rings is 1. The van der Waals surface area contributed by atoms with Crippen molar-refractivity contribution in [1.82, 2.24) is 15.5 Å². The molecule has 1 unspecified atom stereocenters. The minimum absolute atomic E-state index is 0. The van der Waals surface area contributed by atoms with E-state index in [0.29, 0.717) is 23.2 Å². The molecule has 0 aliphatic carbocycles. The Morgan fingerprint density at radius 2 is 1.96 bits per heavy atom. The first-order valence-electron chi connectivity index (χ1n) is 7.78. The van der Waals surface area contributed by atoms with Crippen LogP contribution in [0.1, 0.15) is 6.92 Å². The van der Waals surface area contributed by atoms with Crippen LogP contribution in [0.25, 0.3) is 0 Å². The number of likely N-dealkylation sites (N-methyl/N-ethyl adjacent to an activating group) is 1. The van der Waals surface area contributed by atoms with E-state index in [1.807, 2.05) is 31.2 Å². The molecule has 154 valence electrons. The lowest BCUT2D eigenvalue weighted by molar-refractivity contribution is -0.157. The highest BCUT2D eigenvalue weighted by molar-refractivity contribution is 14.0. The average Bonchev–Trinajstić information content (AvgIpc) is 2.55. The van der Waals surface area contributed by atoms with Crippen LogP contribution >= 0.6 is 39.9 Å². The Bertz CT molecular complexity index is 632. The summed E-state index contributed by atoms with van der Waals surface area (Å²) in [5, 5.41) is 5.64. The number of hydrogen-bond acceptors (Lipinski definition) is 3. The van der Waals surface area contributed by atoms with Gasteiger partial charge >= 0.3 is 6.18 Å². The molecule has 1 atom stereocenters. The van der Waals surface area contributed by atoms with Gasteiger partial charge < -0.3 is 20.3 Å². The van der Waals surface area contributed by atoms with Crippen molar-refractivity contribution in [3.63, 3.8) is 0 Å². The second-order valence-electron chi connectivity index (χ2n) is 5.53. The zero-order valence-corrected chi connectivity index (χ0v) is 19.1. The van der Waals surface area contributed by atoms with Crippen molar-refractivity contribution >= 4 is 51.8 Å². The van der Waals surface area contributed by atoms with Crippen LogP contribution in [0, 0.1) is 0 Å². The monoisotopic (exact) mass is 566 g/mol. The van der Waals surface area contributed by atoms with Crippen molar-refractivity contribution < 1.29 is 22.7 Å². The molecule has 1 aromatic carbocycles.